The number of benzene rings is 1. The Morgan fingerprint density at radius 2 is 1.81 bits per heavy atom. The van der Waals surface area contributed by atoms with Crippen LogP contribution in [0.4, 0.5) is 9.18 Å². The second kappa shape index (κ2) is 10.8. The molecule has 0 radical (unpaired) electrons. The van der Waals surface area contributed by atoms with Crippen LogP contribution in [0, 0.1) is 5.82 Å². The smallest absolute Gasteiger partial charge is 0.334 e. The summed E-state index contributed by atoms with van der Waals surface area (Å²) in [6, 6.07) is 5.06. The van der Waals surface area contributed by atoms with Crippen LogP contribution in [0.15, 0.2) is 24.3 Å². The SMILES string of the molecule is CCCC[C@H]1C(=O)N(CCCC)C[C@H]2N1C(=O)CN(C)N2C(=O)NCc1ccc(F)cc1. The van der Waals surface area contributed by atoms with E-state index in [1.165, 1.54) is 12.1 Å². The minimum Gasteiger partial charge on any atom is -0.337 e. The van der Waals surface area contributed by atoms with E-state index in [9.17, 15) is 18.8 Å². The average molecular weight is 448 g/mol. The Morgan fingerprint density at radius 3 is 2.47 bits per heavy atom. The quantitative estimate of drug-likeness (QED) is 0.665. The molecule has 2 aliphatic heterocycles. The lowest BCUT2D eigenvalue weighted by Gasteiger charge is -2.54. The third kappa shape index (κ3) is 5.20. The molecule has 9 heteroatoms. The third-order valence-corrected chi connectivity index (χ3v) is 6.12. The van der Waals surface area contributed by atoms with Crippen molar-refractivity contribution in [2.45, 2.75) is 64.7 Å². The molecule has 0 spiro atoms. The van der Waals surface area contributed by atoms with Gasteiger partial charge in [0.15, 0.2) is 0 Å². The van der Waals surface area contributed by atoms with Crippen LogP contribution < -0.4 is 5.32 Å². The zero-order chi connectivity index (χ0) is 23.3. The number of piperazine rings is 1. The molecule has 176 valence electrons. The van der Waals surface area contributed by atoms with Crippen LogP contribution in [-0.2, 0) is 16.1 Å². The molecule has 0 saturated carbocycles. The molecule has 2 heterocycles. The Morgan fingerprint density at radius 1 is 1.12 bits per heavy atom. The number of halogens is 1. The van der Waals surface area contributed by atoms with Crippen LogP contribution >= 0.6 is 0 Å². The van der Waals surface area contributed by atoms with Crippen LogP contribution in [0.2, 0.25) is 0 Å². The van der Waals surface area contributed by atoms with Crippen LogP contribution in [-0.4, -0.2) is 76.6 Å². The van der Waals surface area contributed by atoms with Crippen molar-refractivity contribution in [3.05, 3.63) is 35.6 Å². The molecule has 1 N–H and O–H groups in total. The first-order valence-corrected chi connectivity index (χ1v) is 11.5. The Kier molecular flexibility index (Phi) is 8.06. The third-order valence-electron chi connectivity index (χ3n) is 6.12. The first-order chi connectivity index (χ1) is 15.4. The van der Waals surface area contributed by atoms with Crippen LogP contribution in [0.5, 0.6) is 0 Å². The van der Waals surface area contributed by atoms with Crippen molar-refractivity contribution in [1.82, 2.24) is 25.1 Å². The number of carbonyl (C=O) groups excluding carboxylic acids is 3. The van der Waals surface area contributed by atoms with Gasteiger partial charge in [-0.1, -0.05) is 45.2 Å². The molecule has 2 fully saturated rings. The number of fused-ring (bicyclic) bond motifs is 1. The van der Waals surface area contributed by atoms with Crippen molar-refractivity contribution in [2.24, 2.45) is 0 Å². The van der Waals surface area contributed by atoms with Crippen molar-refractivity contribution < 1.29 is 18.8 Å². The molecule has 0 aromatic heterocycles. The fourth-order valence-corrected chi connectivity index (χ4v) is 4.39. The summed E-state index contributed by atoms with van der Waals surface area (Å²) in [6.07, 6.45) is 3.63. The Hall–Kier alpha value is -2.68. The first kappa shape index (κ1) is 24.0. The number of nitrogens with zero attached hydrogens (tertiary/aromatic N) is 4. The normalized spacial score (nSPS) is 21.7. The summed E-state index contributed by atoms with van der Waals surface area (Å²) < 4.78 is 13.2. The predicted octanol–water partition coefficient (Wildman–Crippen LogP) is 2.55. The lowest BCUT2D eigenvalue weighted by Crippen LogP contribution is -2.75. The molecule has 1 aromatic carbocycles. The summed E-state index contributed by atoms with van der Waals surface area (Å²) in [4.78, 5) is 42.8. The van der Waals surface area contributed by atoms with Crippen molar-refractivity contribution in [2.75, 3.05) is 26.7 Å². The van der Waals surface area contributed by atoms with Gasteiger partial charge in [0.25, 0.3) is 0 Å². The van der Waals surface area contributed by atoms with Gasteiger partial charge in [-0.3, -0.25) is 9.59 Å². The van der Waals surface area contributed by atoms with Gasteiger partial charge in [-0.2, -0.15) is 0 Å². The van der Waals surface area contributed by atoms with E-state index < -0.39 is 12.2 Å². The number of nitrogens with one attached hydrogen (secondary N) is 1. The van der Waals surface area contributed by atoms with E-state index in [0.717, 1.165) is 31.2 Å². The fourth-order valence-electron chi connectivity index (χ4n) is 4.39. The van der Waals surface area contributed by atoms with E-state index in [4.69, 9.17) is 0 Å². The molecular formula is C23H34FN5O3. The number of likely N-dealkylation sites (N-methyl/N-ethyl adjacent to an activating group) is 1. The summed E-state index contributed by atoms with van der Waals surface area (Å²) in [5.74, 6) is -0.487. The highest BCUT2D eigenvalue weighted by atomic mass is 19.1. The summed E-state index contributed by atoms with van der Waals surface area (Å²) in [5, 5.41) is 6.05. The standard InChI is InChI=1S/C23H34FN5O3/c1-4-6-8-19-22(31)27(13-7-5-2)15-20-28(19)21(30)16-26(3)29(20)23(32)25-14-17-9-11-18(24)12-10-17/h9-12,19-20H,4-8,13-16H2,1-3H3,(H,25,32)/t19-,20-/m0/s1. The van der Waals surface area contributed by atoms with Gasteiger partial charge in [-0.15, -0.1) is 0 Å². The van der Waals surface area contributed by atoms with Gasteiger partial charge < -0.3 is 15.1 Å². The summed E-state index contributed by atoms with van der Waals surface area (Å²) in [7, 11) is 1.71. The molecule has 0 aliphatic carbocycles. The molecule has 32 heavy (non-hydrogen) atoms. The topological polar surface area (TPSA) is 76.2 Å². The van der Waals surface area contributed by atoms with Crippen molar-refractivity contribution >= 4 is 17.8 Å². The molecule has 4 amide bonds. The highest BCUT2D eigenvalue weighted by Gasteiger charge is 2.50. The second-order valence-corrected chi connectivity index (χ2v) is 8.52. The molecule has 3 rings (SSSR count). The van der Waals surface area contributed by atoms with E-state index in [2.05, 4.69) is 19.2 Å². The maximum Gasteiger partial charge on any atom is 0.334 e. The monoisotopic (exact) mass is 447 g/mol. The lowest BCUT2D eigenvalue weighted by molar-refractivity contribution is -0.187. The molecule has 0 bridgehead atoms. The number of rotatable bonds is 8. The van der Waals surface area contributed by atoms with Gasteiger partial charge in [-0.05, 0) is 30.5 Å². The summed E-state index contributed by atoms with van der Waals surface area (Å²) >= 11 is 0. The fraction of sp³-hybridized carbons (Fsp3) is 0.609. The summed E-state index contributed by atoms with van der Waals surface area (Å²) in [5.41, 5.74) is 0.775. The largest absolute Gasteiger partial charge is 0.337 e. The Labute approximate surface area is 189 Å². The molecular weight excluding hydrogens is 413 g/mol. The molecule has 0 unspecified atom stereocenters. The zero-order valence-corrected chi connectivity index (χ0v) is 19.2. The Balaban J connectivity index is 1.81. The van der Waals surface area contributed by atoms with E-state index in [0.29, 0.717) is 19.5 Å². The lowest BCUT2D eigenvalue weighted by atomic mass is 10.0. The van der Waals surface area contributed by atoms with Gasteiger partial charge in [0, 0.05) is 20.1 Å². The minimum atomic E-state index is -0.550. The van der Waals surface area contributed by atoms with Gasteiger partial charge in [0.1, 0.15) is 18.0 Å². The second-order valence-electron chi connectivity index (χ2n) is 8.52. The van der Waals surface area contributed by atoms with E-state index in [-0.39, 0.29) is 36.8 Å². The highest BCUT2D eigenvalue weighted by molar-refractivity contribution is 5.91. The number of urea groups is 1. The predicted molar refractivity (Wildman–Crippen MR) is 119 cm³/mol. The van der Waals surface area contributed by atoms with Crippen molar-refractivity contribution in [3.8, 4) is 0 Å². The van der Waals surface area contributed by atoms with Gasteiger partial charge in [-0.25, -0.2) is 19.2 Å². The van der Waals surface area contributed by atoms with Crippen LogP contribution in [0.1, 0.15) is 51.5 Å². The van der Waals surface area contributed by atoms with Crippen LogP contribution in [0.25, 0.3) is 0 Å². The minimum absolute atomic E-state index is 0.0206. The number of amides is 4. The van der Waals surface area contributed by atoms with Crippen LogP contribution in [0.3, 0.4) is 0 Å². The maximum absolute atomic E-state index is 13.2. The summed E-state index contributed by atoms with van der Waals surface area (Å²) in [6.45, 7) is 5.31. The molecule has 2 saturated heterocycles. The average Bonchev–Trinajstić information content (AvgIpc) is 2.77. The molecule has 2 atom stereocenters. The maximum atomic E-state index is 13.2. The van der Waals surface area contributed by atoms with E-state index in [1.807, 2.05) is 0 Å². The number of hydrazine groups is 1. The number of carbonyl (C=O) groups is 3. The highest BCUT2D eigenvalue weighted by Crippen LogP contribution is 2.28. The van der Waals surface area contributed by atoms with Gasteiger partial charge in [0.05, 0.1) is 13.1 Å². The van der Waals surface area contributed by atoms with Crippen molar-refractivity contribution in [3.63, 3.8) is 0 Å². The first-order valence-electron chi connectivity index (χ1n) is 11.5. The van der Waals surface area contributed by atoms with Gasteiger partial charge >= 0.3 is 6.03 Å². The molecule has 2 aliphatic rings. The van der Waals surface area contributed by atoms with E-state index in [1.54, 1.807) is 39.0 Å². The number of hydrogen-bond donors (Lipinski definition) is 1. The zero-order valence-electron chi connectivity index (χ0n) is 19.2. The number of hydrogen-bond acceptors (Lipinski definition) is 4. The van der Waals surface area contributed by atoms with Crippen molar-refractivity contribution in [1.29, 1.82) is 0 Å². The number of unbranched alkanes of at least 4 members (excludes halogenated alkanes) is 2. The van der Waals surface area contributed by atoms with Gasteiger partial charge in [0.2, 0.25) is 11.8 Å². The molecule has 1 aromatic rings. The Bertz CT molecular complexity index is 818. The van der Waals surface area contributed by atoms with E-state index >= 15 is 0 Å². The molecule has 8 nitrogen and oxygen atoms in total.